The van der Waals surface area contributed by atoms with E-state index in [1.165, 1.54) is 45.2 Å². The average molecular weight is 281 g/mol. The quantitative estimate of drug-likeness (QED) is 0.699. The molecule has 0 saturated carbocycles. The van der Waals surface area contributed by atoms with Gasteiger partial charge in [-0.1, -0.05) is 12.8 Å². The zero-order chi connectivity index (χ0) is 14.0. The number of likely N-dealkylation sites (tertiary alicyclic amines) is 1. The van der Waals surface area contributed by atoms with Gasteiger partial charge < -0.3 is 15.5 Å². The van der Waals surface area contributed by atoms with Gasteiger partial charge >= 0.3 is 0 Å². The normalized spacial score (nSPS) is 24.5. The first kappa shape index (κ1) is 15.8. The van der Waals surface area contributed by atoms with Gasteiger partial charge in [-0.15, -0.1) is 0 Å². The van der Waals surface area contributed by atoms with Gasteiger partial charge in [0.15, 0.2) is 0 Å². The number of amides is 1. The van der Waals surface area contributed by atoms with Crippen molar-refractivity contribution >= 4 is 5.91 Å². The van der Waals surface area contributed by atoms with E-state index >= 15 is 0 Å². The van der Waals surface area contributed by atoms with Crippen molar-refractivity contribution < 1.29 is 4.79 Å². The first-order chi connectivity index (χ1) is 9.84. The molecule has 2 N–H and O–H groups in total. The molecule has 0 bridgehead atoms. The lowest BCUT2D eigenvalue weighted by atomic mass is 10.0. The molecule has 0 spiro atoms. The Kier molecular flexibility index (Phi) is 7.37. The van der Waals surface area contributed by atoms with E-state index in [2.05, 4.69) is 15.5 Å². The predicted octanol–water partition coefficient (Wildman–Crippen LogP) is 1.76. The Morgan fingerprint density at radius 2 is 2.00 bits per heavy atom. The summed E-state index contributed by atoms with van der Waals surface area (Å²) in [6, 6.07) is 0. The van der Waals surface area contributed by atoms with E-state index in [9.17, 15) is 4.79 Å². The number of hydrogen-bond donors (Lipinski definition) is 2. The van der Waals surface area contributed by atoms with Crippen LogP contribution in [0, 0.1) is 5.92 Å². The summed E-state index contributed by atoms with van der Waals surface area (Å²) in [7, 11) is 0. The standard InChI is InChI=1S/C16H31N3O/c20-16(7-6-15-8-10-17-14-15)18-9-5-13-19-11-3-1-2-4-12-19/h15,17H,1-14H2,(H,18,20). The number of nitrogens with one attached hydrogen (secondary N) is 2. The highest BCUT2D eigenvalue weighted by Crippen LogP contribution is 2.14. The van der Waals surface area contributed by atoms with Crippen LogP contribution in [0.2, 0.25) is 0 Å². The van der Waals surface area contributed by atoms with E-state index < -0.39 is 0 Å². The smallest absolute Gasteiger partial charge is 0.220 e. The van der Waals surface area contributed by atoms with Crippen molar-refractivity contribution in [3.8, 4) is 0 Å². The van der Waals surface area contributed by atoms with Crippen LogP contribution in [0.4, 0.5) is 0 Å². The Balaban J connectivity index is 1.46. The molecule has 2 saturated heterocycles. The topological polar surface area (TPSA) is 44.4 Å². The summed E-state index contributed by atoms with van der Waals surface area (Å²) in [5.74, 6) is 0.964. The molecule has 0 aromatic heterocycles. The van der Waals surface area contributed by atoms with Crippen molar-refractivity contribution in [3.05, 3.63) is 0 Å². The third-order valence-electron chi connectivity index (χ3n) is 4.61. The van der Waals surface area contributed by atoms with Crippen LogP contribution < -0.4 is 10.6 Å². The molecule has 2 fully saturated rings. The minimum Gasteiger partial charge on any atom is -0.356 e. The third kappa shape index (κ3) is 6.23. The highest BCUT2D eigenvalue weighted by Gasteiger charge is 2.15. The van der Waals surface area contributed by atoms with E-state index in [0.29, 0.717) is 6.42 Å². The maximum Gasteiger partial charge on any atom is 0.220 e. The Morgan fingerprint density at radius 3 is 2.70 bits per heavy atom. The largest absolute Gasteiger partial charge is 0.356 e. The van der Waals surface area contributed by atoms with Crippen LogP contribution in [-0.2, 0) is 4.79 Å². The molecule has 1 unspecified atom stereocenters. The average Bonchev–Trinajstić information content (AvgIpc) is 2.84. The summed E-state index contributed by atoms with van der Waals surface area (Å²) in [6.45, 7) is 6.72. The summed E-state index contributed by atoms with van der Waals surface area (Å²) in [4.78, 5) is 14.3. The van der Waals surface area contributed by atoms with E-state index in [-0.39, 0.29) is 5.91 Å². The van der Waals surface area contributed by atoms with Crippen LogP contribution in [0.3, 0.4) is 0 Å². The van der Waals surface area contributed by atoms with Gasteiger partial charge in [0.25, 0.3) is 0 Å². The van der Waals surface area contributed by atoms with Crippen molar-refractivity contribution in [2.24, 2.45) is 5.92 Å². The molecule has 0 aromatic rings. The highest BCUT2D eigenvalue weighted by atomic mass is 16.1. The van der Waals surface area contributed by atoms with E-state index in [4.69, 9.17) is 0 Å². The summed E-state index contributed by atoms with van der Waals surface area (Å²) in [5.41, 5.74) is 0. The third-order valence-corrected chi connectivity index (χ3v) is 4.61. The molecular weight excluding hydrogens is 250 g/mol. The summed E-state index contributed by atoms with van der Waals surface area (Å²) >= 11 is 0. The monoisotopic (exact) mass is 281 g/mol. The molecule has 20 heavy (non-hydrogen) atoms. The summed E-state index contributed by atoms with van der Waals surface area (Å²) in [5, 5.41) is 6.43. The maximum absolute atomic E-state index is 11.8. The molecule has 2 rings (SSSR count). The van der Waals surface area contributed by atoms with Gasteiger partial charge in [0, 0.05) is 13.0 Å². The first-order valence-corrected chi connectivity index (χ1v) is 8.54. The van der Waals surface area contributed by atoms with E-state index in [1.807, 2.05) is 0 Å². The van der Waals surface area contributed by atoms with Crippen molar-refractivity contribution in [1.29, 1.82) is 0 Å². The molecular formula is C16H31N3O. The molecule has 0 radical (unpaired) electrons. The molecule has 2 heterocycles. The van der Waals surface area contributed by atoms with Crippen LogP contribution >= 0.6 is 0 Å². The Labute approximate surface area is 123 Å². The second-order valence-corrected chi connectivity index (χ2v) is 6.36. The van der Waals surface area contributed by atoms with Gasteiger partial charge in [0.2, 0.25) is 5.91 Å². The molecule has 116 valence electrons. The first-order valence-electron chi connectivity index (χ1n) is 8.54. The zero-order valence-corrected chi connectivity index (χ0v) is 12.8. The fourth-order valence-corrected chi connectivity index (χ4v) is 3.27. The minimum absolute atomic E-state index is 0.243. The van der Waals surface area contributed by atoms with Gasteiger partial charge in [0.1, 0.15) is 0 Å². The molecule has 1 amide bonds. The van der Waals surface area contributed by atoms with E-state index in [0.717, 1.165) is 44.9 Å². The van der Waals surface area contributed by atoms with Crippen LogP contribution in [0.25, 0.3) is 0 Å². The van der Waals surface area contributed by atoms with Gasteiger partial charge in [-0.25, -0.2) is 0 Å². The number of nitrogens with zero attached hydrogens (tertiary/aromatic N) is 1. The number of carbonyl (C=O) groups excluding carboxylic acids is 1. The fraction of sp³-hybridized carbons (Fsp3) is 0.938. The Hall–Kier alpha value is -0.610. The Morgan fingerprint density at radius 1 is 1.20 bits per heavy atom. The van der Waals surface area contributed by atoms with Crippen LogP contribution in [0.1, 0.15) is 51.4 Å². The number of hydrogen-bond acceptors (Lipinski definition) is 3. The van der Waals surface area contributed by atoms with Crippen molar-refractivity contribution in [2.75, 3.05) is 39.3 Å². The molecule has 4 nitrogen and oxygen atoms in total. The maximum atomic E-state index is 11.8. The fourth-order valence-electron chi connectivity index (χ4n) is 3.27. The second kappa shape index (κ2) is 9.35. The van der Waals surface area contributed by atoms with Gasteiger partial charge in [0.05, 0.1) is 0 Å². The summed E-state index contributed by atoms with van der Waals surface area (Å²) in [6.07, 6.45) is 9.57. The SMILES string of the molecule is O=C(CCC1CCNC1)NCCCN1CCCCCC1. The molecule has 2 aliphatic rings. The zero-order valence-electron chi connectivity index (χ0n) is 12.8. The predicted molar refractivity (Wildman–Crippen MR) is 82.7 cm³/mol. The van der Waals surface area contributed by atoms with Gasteiger partial charge in [-0.05, 0) is 70.7 Å². The molecule has 2 aliphatic heterocycles. The minimum atomic E-state index is 0.243. The second-order valence-electron chi connectivity index (χ2n) is 6.36. The molecule has 0 aromatic carbocycles. The van der Waals surface area contributed by atoms with Crippen molar-refractivity contribution in [1.82, 2.24) is 15.5 Å². The highest BCUT2D eigenvalue weighted by molar-refractivity contribution is 5.75. The molecule has 0 aliphatic carbocycles. The van der Waals surface area contributed by atoms with Crippen molar-refractivity contribution in [2.45, 2.75) is 51.4 Å². The molecule has 4 heteroatoms. The lowest BCUT2D eigenvalue weighted by Crippen LogP contribution is -2.30. The molecule has 1 atom stereocenters. The summed E-state index contributed by atoms with van der Waals surface area (Å²) < 4.78 is 0. The Bertz CT molecular complexity index is 269. The number of carbonyl (C=O) groups is 1. The van der Waals surface area contributed by atoms with Gasteiger partial charge in [-0.2, -0.15) is 0 Å². The van der Waals surface area contributed by atoms with Crippen LogP contribution in [0.15, 0.2) is 0 Å². The number of rotatable bonds is 7. The van der Waals surface area contributed by atoms with Crippen molar-refractivity contribution in [3.63, 3.8) is 0 Å². The van der Waals surface area contributed by atoms with Crippen LogP contribution in [0.5, 0.6) is 0 Å². The van der Waals surface area contributed by atoms with E-state index in [1.54, 1.807) is 0 Å². The van der Waals surface area contributed by atoms with Crippen LogP contribution in [-0.4, -0.2) is 50.1 Å². The lowest BCUT2D eigenvalue weighted by Gasteiger charge is -2.19. The lowest BCUT2D eigenvalue weighted by molar-refractivity contribution is -0.121. The van der Waals surface area contributed by atoms with Gasteiger partial charge in [-0.3, -0.25) is 4.79 Å².